The number of carbonyl (C=O) groups is 2. The van der Waals surface area contributed by atoms with Crippen LogP contribution in [-0.4, -0.2) is 61.8 Å². The molecule has 0 fully saturated rings. The largest absolute Gasteiger partial charge is 0.497 e. The number of aromatic amines is 1. The molecule has 2 aromatic heterocycles. The van der Waals surface area contributed by atoms with Gasteiger partial charge in [0.2, 0.25) is 0 Å². The van der Waals surface area contributed by atoms with Crippen molar-refractivity contribution in [3.05, 3.63) is 50.4 Å². The van der Waals surface area contributed by atoms with Gasteiger partial charge in [-0.1, -0.05) is 0 Å². The van der Waals surface area contributed by atoms with Crippen molar-refractivity contribution in [1.82, 2.24) is 14.9 Å². The van der Waals surface area contributed by atoms with E-state index in [2.05, 4.69) is 9.97 Å². The number of hydrogen-bond acceptors (Lipinski definition) is 10. The first-order chi connectivity index (χ1) is 15.8. The van der Waals surface area contributed by atoms with Crippen molar-refractivity contribution in [2.45, 2.75) is 20.0 Å². The zero-order valence-electron chi connectivity index (χ0n) is 19.0. The van der Waals surface area contributed by atoms with Gasteiger partial charge in [-0.05, 0) is 30.2 Å². The summed E-state index contributed by atoms with van der Waals surface area (Å²) in [6, 6.07) is 5.41. The Morgan fingerprint density at radius 3 is 2.27 bits per heavy atom. The first kappa shape index (κ1) is 24.2. The molecule has 1 aromatic carbocycles. The molecule has 0 aliphatic rings. The fourth-order valence-corrected chi connectivity index (χ4v) is 4.51. The normalized spacial score (nSPS) is 11.0. The molecular weight excluding hydrogens is 450 g/mol. The molecule has 3 aromatic rings. The molecule has 0 amide bonds. The van der Waals surface area contributed by atoms with Crippen LogP contribution in [0.15, 0.2) is 23.0 Å². The Balaban J connectivity index is 1.95. The Morgan fingerprint density at radius 1 is 1.03 bits per heavy atom. The maximum Gasteiger partial charge on any atom is 0.348 e. The summed E-state index contributed by atoms with van der Waals surface area (Å²) in [7, 11) is 5.71. The number of thiophene rings is 1. The molecular formula is C22H25N3O7S. The minimum Gasteiger partial charge on any atom is -0.497 e. The third kappa shape index (κ3) is 5.49. The van der Waals surface area contributed by atoms with Gasteiger partial charge in [-0.2, -0.15) is 0 Å². The average molecular weight is 476 g/mol. The van der Waals surface area contributed by atoms with Gasteiger partial charge in [0, 0.05) is 12.6 Å². The highest BCUT2D eigenvalue weighted by atomic mass is 32.1. The van der Waals surface area contributed by atoms with Crippen molar-refractivity contribution in [2.24, 2.45) is 0 Å². The zero-order valence-corrected chi connectivity index (χ0v) is 19.8. The molecule has 33 heavy (non-hydrogen) atoms. The maximum absolute atomic E-state index is 12.7. The lowest BCUT2D eigenvalue weighted by molar-refractivity contribution is -0.142. The molecule has 0 unspecified atom stereocenters. The quantitative estimate of drug-likeness (QED) is 0.465. The molecule has 11 heteroatoms. The summed E-state index contributed by atoms with van der Waals surface area (Å²) >= 11 is 1.10. The van der Waals surface area contributed by atoms with Crippen molar-refractivity contribution in [2.75, 3.05) is 35.0 Å². The third-order valence-corrected chi connectivity index (χ3v) is 6.16. The summed E-state index contributed by atoms with van der Waals surface area (Å²) in [5.74, 6) is 0.618. The molecule has 0 aliphatic heterocycles. The third-order valence-electron chi connectivity index (χ3n) is 4.99. The van der Waals surface area contributed by atoms with Crippen molar-refractivity contribution < 1.29 is 28.5 Å². The Kier molecular flexibility index (Phi) is 7.67. The Labute approximate surface area is 194 Å². The number of nitrogens with zero attached hydrogens (tertiary/aromatic N) is 2. The molecule has 0 bridgehead atoms. The van der Waals surface area contributed by atoms with E-state index in [0.29, 0.717) is 44.5 Å². The molecule has 0 saturated heterocycles. The van der Waals surface area contributed by atoms with Gasteiger partial charge in [-0.15, -0.1) is 11.3 Å². The number of methoxy groups -OCH3 is 4. The lowest BCUT2D eigenvalue weighted by atomic mass is 10.2. The van der Waals surface area contributed by atoms with E-state index in [4.69, 9.17) is 18.9 Å². The number of rotatable bonds is 9. The Bertz CT molecular complexity index is 1210. The second-order valence-electron chi connectivity index (χ2n) is 7.18. The summed E-state index contributed by atoms with van der Waals surface area (Å²) in [4.78, 5) is 46.6. The molecule has 0 atom stereocenters. The summed E-state index contributed by atoms with van der Waals surface area (Å²) in [6.07, 6.45) is 0. The van der Waals surface area contributed by atoms with Crippen LogP contribution in [0.5, 0.6) is 11.5 Å². The number of aryl methyl sites for hydroxylation is 1. The summed E-state index contributed by atoms with van der Waals surface area (Å²) in [6.45, 7) is 2.14. The minimum absolute atomic E-state index is 0.0331. The van der Waals surface area contributed by atoms with Crippen LogP contribution in [0.4, 0.5) is 0 Å². The minimum atomic E-state index is -0.518. The van der Waals surface area contributed by atoms with E-state index < -0.39 is 11.9 Å². The second-order valence-corrected chi connectivity index (χ2v) is 8.18. The van der Waals surface area contributed by atoms with E-state index in [0.717, 1.165) is 16.9 Å². The fraction of sp³-hybridized carbons (Fsp3) is 0.364. The molecule has 0 aliphatic carbocycles. The number of esters is 2. The predicted molar refractivity (Wildman–Crippen MR) is 122 cm³/mol. The highest BCUT2D eigenvalue weighted by Gasteiger charge is 2.21. The number of ether oxygens (including phenoxy) is 4. The van der Waals surface area contributed by atoms with Crippen LogP contribution in [0.3, 0.4) is 0 Å². The Hall–Kier alpha value is -3.44. The molecule has 10 nitrogen and oxygen atoms in total. The van der Waals surface area contributed by atoms with E-state index in [-0.39, 0.29) is 18.6 Å². The van der Waals surface area contributed by atoms with E-state index in [1.165, 1.54) is 14.2 Å². The van der Waals surface area contributed by atoms with Gasteiger partial charge in [-0.25, -0.2) is 9.78 Å². The molecule has 0 radical (unpaired) electrons. The van der Waals surface area contributed by atoms with E-state index in [1.807, 2.05) is 12.1 Å². The first-order valence-corrected chi connectivity index (χ1v) is 10.7. The van der Waals surface area contributed by atoms with Crippen molar-refractivity contribution in [1.29, 1.82) is 0 Å². The van der Waals surface area contributed by atoms with Crippen LogP contribution in [0.2, 0.25) is 0 Å². The highest BCUT2D eigenvalue weighted by molar-refractivity contribution is 7.20. The van der Waals surface area contributed by atoms with Crippen LogP contribution in [0.1, 0.15) is 26.6 Å². The highest BCUT2D eigenvalue weighted by Crippen LogP contribution is 2.28. The fourth-order valence-electron chi connectivity index (χ4n) is 3.39. The maximum atomic E-state index is 12.7. The van der Waals surface area contributed by atoms with Crippen LogP contribution in [-0.2, 0) is 27.4 Å². The number of aromatic nitrogens is 2. The van der Waals surface area contributed by atoms with Crippen LogP contribution >= 0.6 is 11.3 Å². The summed E-state index contributed by atoms with van der Waals surface area (Å²) in [5.41, 5.74) is 0.996. The molecule has 176 valence electrons. The SMILES string of the molecule is COC(=O)CN(Cc1cc(OC)cc(OC)c1)Cc1nc2sc(C(=O)OC)c(C)c2c(=O)[nH]1. The van der Waals surface area contributed by atoms with Gasteiger partial charge in [0.25, 0.3) is 5.56 Å². The Morgan fingerprint density at radius 2 is 1.70 bits per heavy atom. The van der Waals surface area contributed by atoms with Gasteiger partial charge < -0.3 is 23.9 Å². The van der Waals surface area contributed by atoms with Gasteiger partial charge in [0.1, 0.15) is 27.0 Å². The molecule has 0 saturated carbocycles. The first-order valence-electron chi connectivity index (χ1n) is 9.91. The molecule has 1 N–H and O–H groups in total. The molecule has 0 spiro atoms. The van der Waals surface area contributed by atoms with E-state index in [9.17, 15) is 14.4 Å². The molecule has 3 rings (SSSR count). The predicted octanol–water partition coefficient (Wildman–Crippen LogP) is 2.27. The standard InChI is InChI=1S/C22H25N3O7S/c1-12-18-20(27)23-16(24-21(18)33-19(12)22(28)32-5)10-25(11-17(26)31-4)9-13-6-14(29-2)8-15(7-13)30-3/h6-8H,9-11H2,1-5H3,(H,23,24,27). The number of carbonyl (C=O) groups excluding carboxylic acids is 2. The van der Waals surface area contributed by atoms with E-state index in [1.54, 1.807) is 32.1 Å². The van der Waals surface area contributed by atoms with Crippen LogP contribution in [0.25, 0.3) is 10.2 Å². The molecule has 2 heterocycles. The number of fused-ring (bicyclic) bond motifs is 1. The summed E-state index contributed by atoms with van der Waals surface area (Å²) in [5, 5.41) is 0.348. The topological polar surface area (TPSA) is 120 Å². The monoisotopic (exact) mass is 475 g/mol. The lowest BCUT2D eigenvalue weighted by Gasteiger charge is -2.21. The van der Waals surface area contributed by atoms with Crippen molar-refractivity contribution in [3.8, 4) is 11.5 Å². The summed E-state index contributed by atoms with van der Waals surface area (Å²) < 4.78 is 20.3. The van der Waals surface area contributed by atoms with Crippen molar-refractivity contribution in [3.63, 3.8) is 0 Å². The van der Waals surface area contributed by atoms with Crippen LogP contribution < -0.4 is 15.0 Å². The number of nitrogens with one attached hydrogen (secondary N) is 1. The zero-order chi connectivity index (χ0) is 24.1. The smallest absolute Gasteiger partial charge is 0.348 e. The van der Waals surface area contributed by atoms with Crippen LogP contribution in [0, 0.1) is 6.92 Å². The average Bonchev–Trinajstić information content (AvgIpc) is 3.14. The van der Waals surface area contributed by atoms with E-state index >= 15 is 0 Å². The second kappa shape index (κ2) is 10.5. The van der Waals surface area contributed by atoms with Crippen molar-refractivity contribution >= 4 is 33.5 Å². The number of hydrogen-bond donors (Lipinski definition) is 1. The van der Waals surface area contributed by atoms with Gasteiger partial charge in [-0.3, -0.25) is 14.5 Å². The number of benzene rings is 1. The number of H-pyrrole nitrogens is 1. The van der Waals surface area contributed by atoms with Gasteiger partial charge in [0.15, 0.2) is 0 Å². The van der Waals surface area contributed by atoms with Gasteiger partial charge >= 0.3 is 11.9 Å². The van der Waals surface area contributed by atoms with Gasteiger partial charge in [0.05, 0.1) is 46.9 Å². The lowest BCUT2D eigenvalue weighted by Crippen LogP contribution is -2.31.